The fraction of sp³-hybridized carbons (Fsp3) is 0.310. The van der Waals surface area contributed by atoms with Crippen LogP contribution in [0, 0.1) is 11.8 Å². The van der Waals surface area contributed by atoms with Gasteiger partial charge in [-0.3, -0.25) is 4.79 Å². The number of hydrogen-bond acceptors (Lipinski definition) is 6. The van der Waals surface area contributed by atoms with Gasteiger partial charge in [-0.1, -0.05) is 48.5 Å². The minimum absolute atomic E-state index is 0.00609. The average molecular weight is 507 g/mol. The predicted molar refractivity (Wildman–Crippen MR) is 139 cm³/mol. The largest absolute Gasteiger partial charge is 0.512 e. The summed E-state index contributed by atoms with van der Waals surface area (Å²) in [6.07, 6.45) is -0.767. The van der Waals surface area contributed by atoms with Gasteiger partial charge in [0.1, 0.15) is 6.10 Å². The number of rotatable bonds is 9. The third kappa shape index (κ3) is 6.04. The average Bonchev–Trinajstić information content (AvgIpc) is 3.50. The maximum atomic E-state index is 13.0. The number of esters is 1. The summed E-state index contributed by atoms with van der Waals surface area (Å²) in [5.41, 5.74) is 3.04. The van der Waals surface area contributed by atoms with Crippen molar-refractivity contribution in [3.05, 3.63) is 93.9 Å². The van der Waals surface area contributed by atoms with Crippen LogP contribution in [0.5, 0.6) is 0 Å². The molecule has 0 saturated heterocycles. The molecule has 1 saturated carbocycles. The van der Waals surface area contributed by atoms with E-state index < -0.39 is 36.0 Å². The number of aliphatic hydroxyl groups is 2. The number of ether oxygens (including phenoxy) is 1. The van der Waals surface area contributed by atoms with Crippen LogP contribution >= 0.6 is 11.3 Å². The van der Waals surface area contributed by atoms with E-state index >= 15 is 0 Å². The Balaban J connectivity index is 1.52. The molecule has 6 nitrogen and oxygen atoms in total. The van der Waals surface area contributed by atoms with Gasteiger partial charge >= 0.3 is 11.9 Å². The van der Waals surface area contributed by atoms with Crippen molar-refractivity contribution in [1.29, 1.82) is 0 Å². The first-order valence-corrected chi connectivity index (χ1v) is 12.9. The molecule has 1 aromatic heterocycles. The van der Waals surface area contributed by atoms with E-state index in [-0.39, 0.29) is 18.6 Å². The maximum Gasteiger partial charge on any atom is 0.338 e. The normalized spacial score (nSPS) is 22.2. The van der Waals surface area contributed by atoms with Gasteiger partial charge in [0, 0.05) is 17.2 Å². The van der Waals surface area contributed by atoms with Gasteiger partial charge in [0.05, 0.1) is 29.8 Å². The summed E-state index contributed by atoms with van der Waals surface area (Å²) >= 11 is 1.63. The summed E-state index contributed by atoms with van der Waals surface area (Å²) in [6.45, 7) is 1.80. The Morgan fingerprint density at radius 2 is 1.67 bits per heavy atom. The second-order valence-corrected chi connectivity index (χ2v) is 10.3. The molecule has 4 atom stereocenters. The van der Waals surface area contributed by atoms with Crippen LogP contribution in [0.15, 0.2) is 83.4 Å². The number of carbonyl (C=O) groups is 2. The van der Waals surface area contributed by atoms with Gasteiger partial charge in [0.2, 0.25) is 0 Å². The van der Waals surface area contributed by atoms with Gasteiger partial charge < -0.3 is 20.1 Å². The molecule has 3 aromatic rings. The van der Waals surface area contributed by atoms with Crippen molar-refractivity contribution in [2.24, 2.45) is 11.8 Å². The molecule has 0 aliphatic heterocycles. The van der Waals surface area contributed by atoms with Crippen LogP contribution in [0.4, 0.5) is 0 Å². The highest BCUT2D eigenvalue weighted by Crippen LogP contribution is 2.42. The Morgan fingerprint density at radius 3 is 2.31 bits per heavy atom. The maximum absolute atomic E-state index is 13.0. The number of benzene rings is 2. The molecule has 3 N–H and O–H groups in total. The highest BCUT2D eigenvalue weighted by molar-refractivity contribution is 7.09. The molecule has 0 unspecified atom stereocenters. The highest BCUT2D eigenvalue weighted by atomic mass is 32.1. The monoisotopic (exact) mass is 506 g/mol. The minimum atomic E-state index is -1.07. The van der Waals surface area contributed by atoms with E-state index in [4.69, 9.17) is 4.74 Å². The minimum Gasteiger partial charge on any atom is -0.512 e. The van der Waals surface area contributed by atoms with Gasteiger partial charge in [-0.2, -0.15) is 0 Å². The number of aryl methyl sites for hydroxylation is 1. The number of thiophene rings is 1. The number of hydrogen-bond donors (Lipinski definition) is 3. The van der Waals surface area contributed by atoms with Gasteiger partial charge in [-0.15, -0.1) is 11.3 Å². The van der Waals surface area contributed by atoms with Gasteiger partial charge in [0.25, 0.3) is 0 Å². The molecule has 36 heavy (non-hydrogen) atoms. The quantitative estimate of drug-likeness (QED) is 0.247. The van der Waals surface area contributed by atoms with Crippen LogP contribution in [-0.4, -0.2) is 39.5 Å². The predicted octanol–water partition coefficient (Wildman–Crippen LogP) is 5.88. The van der Waals surface area contributed by atoms with Gasteiger partial charge in [-0.25, -0.2) is 4.79 Å². The van der Waals surface area contributed by atoms with E-state index in [2.05, 4.69) is 0 Å². The summed E-state index contributed by atoms with van der Waals surface area (Å²) in [5.74, 6) is -3.18. The van der Waals surface area contributed by atoms with Crippen molar-refractivity contribution in [3.8, 4) is 11.1 Å². The molecule has 0 bridgehead atoms. The zero-order chi connectivity index (χ0) is 25.7. The van der Waals surface area contributed by atoms with Crippen LogP contribution in [0.1, 0.15) is 41.4 Å². The van der Waals surface area contributed by atoms with E-state index in [0.29, 0.717) is 17.6 Å². The first-order chi connectivity index (χ1) is 17.3. The molecule has 1 aliphatic carbocycles. The fourth-order valence-electron chi connectivity index (χ4n) is 4.85. The van der Waals surface area contributed by atoms with Gasteiger partial charge in [-0.05, 0) is 60.0 Å². The van der Waals surface area contributed by atoms with E-state index in [0.717, 1.165) is 17.5 Å². The van der Waals surface area contributed by atoms with Crippen LogP contribution in [0.25, 0.3) is 11.1 Å². The molecule has 0 spiro atoms. The number of aliphatic carboxylic acids is 1. The SMILES string of the molecule is CC(CCc1cccs1)=C(O)[C@@H]1[C@@H](CC(=O)O)[C@@H](O)C[C@@H]1OC(=O)c1ccc(-c2ccccc2)cc1. The standard InChI is InChI=1S/C29H30O6S/c1-18(9-14-22-8-5-15-36-22)28(33)27-23(16-26(31)32)24(30)17-25(27)35-29(34)21-12-10-20(11-13-21)19-6-3-2-4-7-19/h2-8,10-13,15,23-25,27,30,33H,9,14,16-17H2,1H3,(H,31,32)/t23-,24-,25-,27+/m0/s1. The summed E-state index contributed by atoms with van der Waals surface area (Å²) in [4.78, 5) is 25.7. The highest BCUT2D eigenvalue weighted by Gasteiger charge is 2.48. The molecule has 1 fully saturated rings. The van der Waals surface area contributed by atoms with Crippen molar-refractivity contribution in [3.63, 3.8) is 0 Å². The van der Waals surface area contributed by atoms with Crippen molar-refractivity contribution in [2.75, 3.05) is 0 Å². The molecule has 4 rings (SSSR count). The van der Waals surface area contributed by atoms with Gasteiger partial charge in [0.15, 0.2) is 0 Å². The van der Waals surface area contributed by atoms with Crippen LogP contribution < -0.4 is 0 Å². The number of carboxylic acids is 1. The third-order valence-electron chi connectivity index (χ3n) is 6.81. The summed E-state index contributed by atoms with van der Waals surface area (Å²) in [7, 11) is 0. The molecular formula is C29H30O6S. The van der Waals surface area contributed by atoms with E-state index in [1.807, 2.05) is 60.0 Å². The lowest BCUT2D eigenvalue weighted by Gasteiger charge is -2.25. The Labute approximate surface area is 214 Å². The molecule has 7 heteroatoms. The molecule has 1 aliphatic rings. The summed E-state index contributed by atoms with van der Waals surface area (Å²) in [6, 6.07) is 20.8. The number of aliphatic hydroxyl groups excluding tert-OH is 2. The molecule has 0 amide bonds. The first-order valence-electron chi connectivity index (χ1n) is 12.0. The smallest absolute Gasteiger partial charge is 0.338 e. The Bertz CT molecular complexity index is 1200. The molecule has 188 valence electrons. The van der Waals surface area contributed by atoms with E-state index in [1.54, 1.807) is 30.4 Å². The molecule has 0 radical (unpaired) electrons. The lowest BCUT2D eigenvalue weighted by molar-refractivity contribution is -0.139. The van der Waals surface area contributed by atoms with Crippen LogP contribution in [0.2, 0.25) is 0 Å². The first kappa shape index (κ1) is 25.7. The Hall–Kier alpha value is -3.42. The van der Waals surface area contributed by atoms with Crippen LogP contribution in [0.3, 0.4) is 0 Å². The Kier molecular flexibility index (Phi) is 8.23. The molecular weight excluding hydrogens is 476 g/mol. The lowest BCUT2D eigenvalue weighted by Crippen LogP contribution is -2.29. The zero-order valence-corrected chi connectivity index (χ0v) is 20.9. The summed E-state index contributed by atoms with van der Waals surface area (Å²) in [5, 5.41) is 33.2. The second kappa shape index (κ2) is 11.5. The molecule has 1 heterocycles. The Morgan fingerprint density at radius 1 is 0.972 bits per heavy atom. The number of allylic oxidation sites excluding steroid dienone is 1. The van der Waals surface area contributed by atoms with Crippen LogP contribution in [-0.2, 0) is 16.0 Å². The van der Waals surface area contributed by atoms with E-state index in [1.165, 1.54) is 4.88 Å². The lowest BCUT2D eigenvalue weighted by atomic mass is 9.86. The number of carbonyl (C=O) groups excluding carboxylic acids is 1. The van der Waals surface area contributed by atoms with Crippen molar-refractivity contribution in [2.45, 2.75) is 44.8 Å². The second-order valence-electron chi connectivity index (χ2n) is 9.22. The van der Waals surface area contributed by atoms with Crippen molar-refractivity contribution < 1.29 is 29.6 Å². The third-order valence-corrected chi connectivity index (χ3v) is 7.74. The van der Waals surface area contributed by atoms with Crippen molar-refractivity contribution >= 4 is 23.3 Å². The topological polar surface area (TPSA) is 104 Å². The molecule has 2 aromatic carbocycles. The number of carboxylic acid groups (broad SMARTS) is 1. The van der Waals surface area contributed by atoms with E-state index in [9.17, 15) is 24.9 Å². The summed E-state index contributed by atoms with van der Waals surface area (Å²) < 4.78 is 5.78. The van der Waals surface area contributed by atoms with Crippen molar-refractivity contribution in [1.82, 2.24) is 0 Å². The fourth-order valence-corrected chi connectivity index (χ4v) is 5.56. The zero-order valence-electron chi connectivity index (χ0n) is 20.0.